The molecule has 1 N–H and O–H groups in total. The summed E-state index contributed by atoms with van der Waals surface area (Å²) in [6, 6.07) is 3.67. The molecule has 3 nitrogen and oxygen atoms in total. The number of nitrogens with one attached hydrogen (secondary N) is 1. The standard InChI is InChI=1S/C10H14ClN3/c1-3-8(4-2)13-14-9-6-5-7-12-10(9)11/h5-7,14H,3-4H2,1-2H3. The summed E-state index contributed by atoms with van der Waals surface area (Å²) in [5.74, 6) is 0. The molecule has 1 heterocycles. The zero-order valence-electron chi connectivity index (χ0n) is 8.42. The van der Waals surface area contributed by atoms with Crippen molar-refractivity contribution >= 4 is 23.0 Å². The van der Waals surface area contributed by atoms with Crippen LogP contribution in [0.5, 0.6) is 0 Å². The van der Waals surface area contributed by atoms with Crippen LogP contribution in [0, 0.1) is 0 Å². The van der Waals surface area contributed by atoms with Gasteiger partial charge in [-0.05, 0) is 25.0 Å². The lowest BCUT2D eigenvalue weighted by Crippen LogP contribution is -1.99. The Morgan fingerprint density at radius 2 is 2.21 bits per heavy atom. The molecule has 0 aromatic carbocycles. The number of aromatic nitrogens is 1. The first-order valence-electron chi connectivity index (χ1n) is 4.69. The van der Waals surface area contributed by atoms with Gasteiger partial charge in [0.15, 0.2) is 5.15 Å². The Bertz CT molecular complexity index is 317. The number of hydrogen-bond donors (Lipinski definition) is 1. The van der Waals surface area contributed by atoms with Gasteiger partial charge in [-0.3, -0.25) is 5.43 Å². The predicted molar refractivity (Wildman–Crippen MR) is 60.9 cm³/mol. The third-order valence-corrected chi connectivity index (χ3v) is 2.21. The number of hydrogen-bond acceptors (Lipinski definition) is 3. The SMILES string of the molecule is CCC(CC)=NNc1cccnc1Cl. The van der Waals surface area contributed by atoms with Gasteiger partial charge in [0.05, 0.1) is 5.69 Å². The van der Waals surface area contributed by atoms with E-state index in [1.54, 1.807) is 6.20 Å². The van der Waals surface area contributed by atoms with E-state index in [1.165, 1.54) is 0 Å². The molecule has 0 spiro atoms. The molecule has 4 heteroatoms. The van der Waals surface area contributed by atoms with E-state index in [1.807, 2.05) is 12.1 Å². The highest BCUT2D eigenvalue weighted by Gasteiger charge is 1.98. The summed E-state index contributed by atoms with van der Waals surface area (Å²) in [4.78, 5) is 3.94. The van der Waals surface area contributed by atoms with Crippen LogP contribution < -0.4 is 5.43 Å². The third kappa shape index (κ3) is 3.00. The van der Waals surface area contributed by atoms with Crippen molar-refractivity contribution in [1.82, 2.24) is 4.98 Å². The highest BCUT2D eigenvalue weighted by Crippen LogP contribution is 2.17. The van der Waals surface area contributed by atoms with Crippen LogP contribution in [-0.4, -0.2) is 10.7 Å². The summed E-state index contributed by atoms with van der Waals surface area (Å²) >= 11 is 5.85. The van der Waals surface area contributed by atoms with E-state index >= 15 is 0 Å². The van der Waals surface area contributed by atoms with Gasteiger partial charge in [0, 0.05) is 11.9 Å². The van der Waals surface area contributed by atoms with E-state index in [9.17, 15) is 0 Å². The normalized spacial score (nSPS) is 9.64. The Morgan fingerprint density at radius 3 is 2.79 bits per heavy atom. The molecule has 0 atom stereocenters. The van der Waals surface area contributed by atoms with Gasteiger partial charge in [0.1, 0.15) is 0 Å². The highest BCUT2D eigenvalue weighted by molar-refractivity contribution is 6.31. The van der Waals surface area contributed by atoms with E-state index in [0.717, 1.165) is 24.2 Å². The van der Waals surface area contributed by atoms with Crippen LogP contribution in [0.1, 0.15) is 26.7 Å². The molecular formula is C10H14ClN3. The topological polar surface area (TPSA) is 37.3 Å². The largest absolute Gasteiger partial charge is 0.275 e. The molecule has 0 aliphatic heterocycles. The minimum absolute atomic E-state index is 0.447. The summed E-state index contributed by atoms with van der Waals surface area (Å²) in [7, 11) is 0. The van der Waals surface area contributed by atoms with Gasteiger partial charge in [-0.2, -0.15) is 5.10 Å². The second-order valence-electron chi connectivity index (χ2n) is 2.84. The third-order valence-electron chi connectivity index (χ3n) is 1.91. The van der Waals surface area contributed by atoms with Crippen LogP contribution in [0.4, 0.5) is 5.69 Å². The fourth-order valence-corrected chi connectivity index (χ4v) is 1.18. The number of anilines is 1. The maximum Gasteiger partial charge on any atom is 0.153 e. The van der Waals surface area contributed by atoms with Crippen molar-refractivity contribution in [2.75, 3.05) is 5.43 Å². The van der Waals surface area contributed by atoms with Crippen molar-refractivity contribution in [3.63, 3.8) is 0 Å². The monoisotopic (exact) mass is 211 g/mol. The highest BCUT2D eigenvalue weighted by atomic mass is 35.5. The maximum absolute atomic E-state index is 5.85. The van der Waals surface area contributed by atoms with Crippen LogP contribution in [0.2, 0.25) is 5.15 Å². The fraction of sp³-hybridized carbons (Fsp3) is 0.400. The minimum atomic E-state index is 0.447. The Balaban J connectivity index is 2.70. The first-order chi connectivity index (χ1) is 6.77. The summed E-state index contributed by atoms with van der Waals surface area (Å²) < 4.78 is 0. The molecule has 0 aliphatic carbocycles. The van der Waals surface area contributed by atoms with Crippen LogP contribution in [-0.2, 0) is 0 Å². The van der Waals surface area contributed by atoms with Gasteiger partial charge in [-0.15, -0.1) is 0 Å². The molecule has 14 heavy (non-hydrogen) atoms. The van der Waals surface area contributed by atoms with Gasteiger partial charge >= 0.3 is 0 Å². The van der Waals surface area contributed by atoms with E-state index in [2.05, 4.69) is 29.4 Å². The Labute approximate surface area is 89.2 Å². The molecule has 0 unspecified atom stereocenters. The van der Waals surface area contributed by atoms with Crippen molar-refractivity contribution < 1.29 is 0 Å². The molecule has 76 valence electrons. The van der Waals surface area contributed by atoms with Crippen LogP contribution >= 0.6 is 11.6 Å². The van der Waals surface area contributed by atoms with Crippen molar-refractivity contribution in [1.29, 1.82) is 0 Å². The van der Waals surface area contributed by atoms with Gasteiger partial charge in [0.2, 0.25) is 0 Å². The number of rotatable bonds is 4. The zero-order valence-corrected chi connectivity index (χ0v) is 9.17. The minimum Gasteiger partial charge on any atom is -0.275 e. The first kappa shape index (κ1) is 11.0. The summed E-state index contributed by atoms with van der Waals surface area (Å²) in [5, 5.41) is 4.68. The lowest BCUT2D eigenvalue weighted by Gasteiger charge is -2.03. The number of halogens is 1. The predicted octanol–water partition coefficient (Wildman–Crippen LogP) is 3.32. The lowest BCUT2D eigenvalue weighted by molar-refractivity contribution is 1.12. The molecule has 0 aliphatic rings. The van der Waals surface area contributed by atoms with E-state index in [-0.39, 0.29) is 0 Å². The van der Waals surface area contributed by atoms with Crippen molar-refractivity contribution in [2.45, 2.75) is 26.7 Å². The molecule has 0 amide bonds. The number of nitrogens with zero attached hydrogens (tertiary/aromatic N) is 2. The average molecular weight is 212 g/mol. The summed E-state index contributed by atoms with van der Waals surface area (Å²) in [6.45, 7) is 4.16. The van der Waals surface area contributed by atoms with E-state index < -0.39 is 0 Å². The molecule has 0 fully saturated rings. The molecule has 0 bridgehead atoms. The fourth-order valence-electron chi connectivity index (χ4n) is 1.02. The molecule has 0 saturated carbocycles. The Kier molecular flexibility index (Phi) is 4.40. The van der Waals surface area contributed by atoms with Crippen molar-refractivity contribution in [3.05, 3.63) is 23.5 Å². The molecule has 0 radical (unpaired) electrons. The van der Waals surface area contributed by atoms with E-state index in [0.29, 0.717) is 5.15 Å². The number of hydrazone groups is 1. The first-order valence-corrected chi connectivity index (χ1v) is 5.07. The molecule has 1 rings (SSSR count). The smallest absolute Gasteiger partial charge is 0.153 e. The maximum atomic E-state index is 5.85. The van der Waals surface area contributed by atoms with Gasteiger partial charge in [0.25, 0.3) is 0 Å². The van der Waals surface area contributed by atoms with Gasteiger partial charge in [-0.25, -0.2) is 4.98 Å². The van der Waals surface area contributed by atoms with Crippen LogP contribution in [0.3, 0.4) is 0 Å². The quantitative estimate of drug-likeness (QED) is 0.471. The summed E-state index contributed by atoms with van der Waals surface area (Å²) in [6.07, 6.45) is 3.54. The summed E-state index contributed by atoms with van der Waals surface area (Å²) in [5.41, 5.74) is 4.77. The molecular weight excluding hydrogens is 198 g/mol. The van der Waals surface area contributed by atoms with E-state index in [4.69, 9.17) is 11.6 Å². The van der Waals surface area contributed by atoms with Crippen molar-refractivity contribution in [3.8, 4) is 0 Å². The lowest BCUT2D eigenvalue weighted by atomic mass is 10.2. The average Bonchev–Trinajstić information content (AvgIpc) is 2.22. The van der Waals surface area contributed by atoms with Crippen molar-refractivity contribution in [2.24, 2.45) is 5.10 Å². The second kappa shape index (κ2) is 5.60. The molecule has 1 aromatic heterocycles. The molecule has 0 saturated heterocycles. The van der Waals surface area contributed by atoms with Gasteiger partial charge in [-0.1, -0.05) is 25.4 Å². The van der Waals surface area contributed by atoms with Crippen LogP contribution in [0.25, 0.3) is 0 Å². The Hall–Kier alpha value is -1.09. The Morgan fingerprint density at radius 1 is 1.50 bits per heavy atom. The van der Waals surface area contributed by atoms with Crippen LogP contribution in [0.15, 0.2) is 23.4 Å². The zero-order chi connectivity index (χ0) is 10.4. The second-order valence-corrected chi connectivity index (χ2v) is 3.20. The van der Waals surface area contributed by atoms with Gasteiger partial charge < -0.3 is 0 Å². The number of pyridine rings is 1. The molecule has 1 aromatic rings.